The van der Waals surface area contributed by atoms with Gasteiger partial charge in [0.05, 0.1) is 6.10 Å². The lowest BCUT2D eigenvalue weighted by molar-refractivity contribution is -0.149. The number of benzene rings is 8. The molecule has 0 unspecified atom stereocenters. The summed E-state index contributed by atoms with van der Waals surface area (Å²) in [5.74, 6) is -17.4. The van der Waals surface area contributed by atoms with Gasteiger partial charge in [-0.25, -0.2) is 37.1 Å². The topological polar surface area (TPSA) is 235 Å². The molecular formula is C71H67F5N4O14. The molecule has 5 N–H and O–H groups in total. The Balaban J connectivity index is 1.16. The number of alkyl carbamates (subject to hydrolysis) is 3. The first-order valence-corrected chi connectivity index (χ1v) is 29.6. The number of hydrogen-bond acceptors (Lipinski definition) is 14. The number of rotatable bonds is 28. The third kappa shape index (κ3) is 21.1. The molecular weight excluding hydrogens is 1230 g/mol. The van der Waals surface area contributed by atoms with Gasteiger partial charge < -0.3 is 59.5 Å². The average Bonchev–Trinajstić information content (AvgIpc) is 0.815. The Morgan fingerprint density at radius 2 is 0.915 bits per heavy atom. The first-order chi connectivity index (χ1) is 45.1. The number of hydrogen-bond donors (Lipinski definition) is 5. The minimum absolute atomic E-state index is 0.0271. The van der Waals surface area contributed by atoms with Crippen LogP contribution in [0.1, 0.15) is 66.1 Å². The molecule has 490 valence electrons. The number of esters is 2. The first-order valence-electron chi connectivity index (χ1n) is 29.6. The zero-order chi connectivity index (χ0) is 67.2. The summed E-state index contributed by atoms with van der Waals surface area (Å²) >= 11 is 0. The number of aliphatic hydroxyl groups excluding tert-OH is 1. The van der Waals surface area contributed by atoms with Crippen molar-refractivity contribution in [1.82, 2.24) is 21.3 Å². The van der Waals surface area contributed by atoms with Gasteiger partial charge in [-0.3, -0.25) is 4.79 Å². The highest BCUT2D eigenvalue weighted by molar-refractivity contribution is 5.90. The number of halogens is 5. The highest BCUT2D eigenvalue weighted by atomic mass is 19.2. The Morgan fingerprint density at radius 1 is 0.447 bits per heavy atom. The summed E-state index contributed by atoms with van der Waals surface area (Å²) in [4.78, 5) is 83.0. The van der Waals surface area contributed by atoms with E-state index < -0.39 is 120 Å². The predicted molar refractivity (Wildman–Crippen MR) is 333 cm³/mol. The smallest absolute Gasteiger partial charge is 0.408 e. The standard InChI is InChI=1S/C71H67F5N4O14/c1-71(2,3)94-70(87)79-55(37-53(81)38-77-68(85)91-42-47-25-15-7-16-26-47)65(82)78-56(66(83)90-41-46-23-13-6-14-24-46)33-49-31-51(35-54(32-49)88-39-44-19-9-4-10-20-44)50-29-30-58(89-40-45-21-11-5-12-22-45)52(34-50)36-57(80-69(86)92-43-48-27-17-8-18-28-48)67(84)93-64-62(75)60(73)59(72)61(74)63(64)76/h4-32,34-35,53,55-57,81H,33,36-43H2,1-3H3,(H,77,85)(H,78,82)(H,79,87)(H,80,86)/t53-,55+,56+,57+/m1/s1. The SMILES string of the molecule is CC(C)(C)OC(=O)N[C@@H](C[C@@H](O)CNC(=O)OCc1ccccc1)C(=O)N[C@@H](Cc1cc(OCc2ccccc2)cc(-c2ccc(OCc3ccccc3)c(C[C@H](NC(=O)OCc3ccccc3)C(=O)Oc3c(F)c(F)c(F)c(F)c3F)c2)c1)C(=O)OCc1ccccc1. The molecule has 0 aromatic heterocycles. The molecule has 0 spiro atoms. The Morgan fingerprint density at radius 3 is 1.45 bits per heavy atom. The van der Waals surface area contributed by atoms with Gasteiger partial charge in [0, 0.05) is 25.8 Å². The summed E-state index contributed by atoms with van der Waals surface area (Å²) in [6.07, 6.45) is -6.16. The molecule has 0 bridgehead atoms. The third-order valence-corrected chi connectivity index (χ3v) is 13.9. The third-order valence-electron chi connectivity index (χ3n) is 13.9. The van der Waals surface area contributed by atoms with Crippen molar-refractivity contribution in [3.8, 4) is 28.4 Å². The second kappa shape index (κ2) is 33.5. The molecule has 0 saturated heterocycles. The molecule has 94 heavy (non-hydrogen) atoms. The minimum atomic E-state index is -2.51. The molecule has 0 fully saturated rings. The van der Waals surface area contributed by atoms with E-state index in [4.69, 9.17) is 33.2 Å². The number of carbonyl (C=O) groups is 6. The molecule has 18 nitrogen and oxygen atoms in total. The Labute approximate surface area is 538 Å². The zero-order valence-electron chi connectivity index (χ0n) is 51.2. The lowest BCUT2D eigenvalue weighted by Crippen LogP contribution is -2.54. The predicted octanol–water partition coefficient (Wildman–Crippen LogP) is 12.0. The fourth-order valence-electron chi connectivity index (χ4n) is 9.27. The second-order valence-electron chi connectivity index (χ2n) is 22.4. The Bertz CT molecular complexity index is 3840. The molecule has 0 aliphatic rings. The normalized spacial score (nSPS) is 12.4. The second-order valence-corrected chi connectivity index (χ2v) is 22.4. The van der Waals surface area contributed by atoms with Crippen molar-refractivity contribution in [3.05, 3.63) is 256 Å². The Hall–Kier alpha value is -10.8. The van der Waals surface area contributed by atoms with Crippen LogP contribution in [0.2, 0.25) is 0 Å². The minimum Gasteiger partial charge on any atom is -0.489 e. The molecule has 8 aromatic carbocycles. The summed E-state index contributed by atoms with van der Waals surface area (Å²) in [7, 11) is 0. The number of nitrogens with one attached hydrogen (secondary N) is 4. The van der Waals surface area contributed by atoms with Crippen LogP contribution in [-0.2, 0) is 79.2 Å². The van der Waals surface area contributed by atoms with Gasteiger partial charge >= 0.3 is 30.2 Å². The van der Waals surface area contributed by atoms with Gasteiger partial charge in [-0.05, 0) is 95.1 Å². The van der Waals surface area contributed by atoms with Crippen molar-refractivity contribution in [2.24, 2.45) is 0 Å². The number of ether oxygens (including phenoxy) is 7. The van der Waals surface area contributed by atoms with Gasteiger partial charge in [0.25, 0.3) is 0 Å². The van der Waals surface area contributed by atoms with Gasteiger partial charge in [-0.1, -0.05) is 164 Å². The molecule has 0 radical (unpaired) electrons. The summed E-state index contributed by atoms with van der Waals surface area (Å²) in [5, 5.41) is 21.2. The van der Waals surface area contributed by atoms with Crippen LogP contribution in [0, 0.1) is 29.1 Å². The highest BCUT2D eigenvalue weighted by Crippen LogP contribution is 2.34. The van der Waals surface area contributed by atoms with Crippen LogP contribution < -0.4 is 35.5 Å². The molecule has 8 aromatic rings. The number of carbonyl (C=O) groups excluding carboxylic acids is 6. The van der Waals surface area contributed by atoms with E-state index in [0.29, 0.717) is 38.9 Å². The monoisotopic (exact) mass is 1290 g/mol. The fraction of sp³-hybridized carbons (Fsp3) is 0.239. The first kappa shape index (κ1) is 69.1. The molecule has 0 saturated carbocycles. The van der Waals surface area contributed by atoms with E-state index in [9.17, 15) is 47.0 Å². The summed E-state index contributed by atoms with van der Waals surface area (Å²) < 4.78 is 113. The van der Waals surface area contributed by atoms with Crippen LogP contribution >= 0.6 is 0 Å². The van der Waals surface area contributed by atoms with E-state index in [1.165, 1.54) is 12.1 Å². The van der Waals surface area contributed by atoms with E-state index in [1.807, 2.05) is 30.3 Å². The van der Waals surface area contributed by atoms with Crippen LogP contribution in [0.15, 0.2) is 188 Å². The summed E-state index contributed by atoms with van der Waals surface area (Å²) in [5.41, 5.74) is 3.36. The summed E-state index contributed by atoms with van der Waals surface area (Å²) in [6, 6.07) is 48.2. The van der Waals surface area contributed by atoms with E-state index in [0.717, 1.165) is 5.56 Å². The number of amides is 4. The fourth-order valence-corrected chi connectivity index (χ4v) is 9.27. The molecule has 4 amide bonds. The molecule has 4 atom stereocenters. The molecule has 0 aliphatic carbocycles. The van der Waals surface area contributed by atoms with Crippen molar-refractivity contribution in [1.29, 1.82) is 0 Å². The maximum absolute atomic E-state index is 15.2. The van der Waals surface area contributed by atoms with Gasteiger partial charge in [0.2, 0.25) is 40.7 Å². The van der Waals surface area contributed by atoms with Crippen LogP contribution in [0.3, 0.4) is 0 Å². The van der Waals surface area contributed by atoms with Crippen molar-refractivity contribution in [2.75, 3.05) is 6.54 Å². The van der Waals surface area contributed by atoms with E-state index in [1.54, 1.807) is 166 Å². The Kier molecular flexibility index (Phi) is 24.6. The lowest BCUT2D eigenvalue weighted by Gasteiger charge is -2.26. The van der Waals surface area contributed by atoms with Crippen molar-refractivity contribution < 1.29 is 89.0 Å². The van der Waals surface area contributed by atoms with Crippen molar-refractivity contribution in [3.63, 3.8) is 0 Å². The van der Waals surface area contributed by atoms with E-state index in [-0.39, 0.29) is 56.5 Å². The van der Waals surface area contributed by atoms with E-state index >= 15 is 8.78 Å². The van der Waals surface area contributed by atoms with Crippen LogP contribution in [0.25, 0.3) is 11.1 Å². The van der Waals surface area contributed by atoms with Gasteiger partial charge in [-0.2, -0.15) is 8.78 Å². The van der Waals surface area contributed by atoms with Gasteiger partial charge in [-0.15, -0.1) is 0 Å². The molecule has 23 heteroatoms. The molecule has 8 rings (SSSR count). The van der Waals surface area contributed by atoms with E-state index in [2.05, 4.69) is 21.3 Å². The molecule has 0 heterocycles. The largest absolute Gasteiger partial charge is 0.489 e. The number of aliphatic hydroxyl groups is 1. The van der Waals surface area contributed by atoms with Crippen molar-refractivity contribution >= 4 is 36.1 Å². The summed E-state index contributed by atoms with van der Waals surface area (Å²) in [6.45, 7) is 3.68. The van der Waals surface area contributed by atoms with Gasteiger partial charge in [0.15, 0.2) is 0 Å². The lowest BCUT2D eigenvalue weighted by atomic mass is 9.95. The molecule has 0 aliphatic heterocycles. The van der Waals surface area contributed by atoms with Crippen LogP contribution in [0.4, 0.5) is 36.3 Å². The maximum atomic E-state index is 15.2. The van der Waals surface area contributed by atoms with Crippen molar-refractivity contribution in [2.45, 2.75) is 103 Å². The maximum Gasteiger partial charge on any atom is 0.408 e. The van der Waals surface area contributed by atoms with Gasteiger partial charge in [0.1, 0.15) is 68.3 Å². The quantitative estimate of drug-likeness (QED) is 0.00766. The average molecular weight is 1300 g/mol. The van der Waals surface area contributed by atoms with Crippen LogP contribution in [-0.4, -0.2) is 77.6 Å². The van der Waals surface area contributed by atoms with Crippen LogP contribution in [0.5, 0.6) is 17.2 Å². The highest BCUT2D eigenvalue weighted by Gasteiger charge is 2.34. The zero-order valence-corrected chi connectivity index (χ0v) is 51.2.